The molecule has 1 rings (SSSR count). The number of hydrogen-bond acceptors (Lipinski definition) is 2. The zero-order valence-electron chi connectivity index (χ0n) is 9.19. The molecule has 0 aliphatic heterocycles. The van der Waals surface area contributed by atoms with Gasteiger partial charge in [0, 0.05) is 6.54 Å². The lowest BCUT2D eigenvalue weighted by Gasteiger charge is -2.16. The third kappa shape index (κ3) is 2.88. The maximum atomic E-state index is 12.8. The Morgan fingerprint density at radius 1 is 1.31 bits per heavy atom. The first kappa shape index (κ1) is 12.8. The molecule has 0 spiro atoms. The van der Waals surface area contributed by atoms with Crippen molar-refractivity contribution in [1.82, 2.24) is 5.32 Å². The quantitative estimate of drug-likeness (QED) is 0.863. The van der Waals surface area contributed by atoms with Gasteiger partial charge in [0.15, 0.2) is 0 Å². The van der Waals surface area contributed by atoms with E-state index in [0.717, 1.165) is 0 Å². The van der Waals surface area contributed by atoms with E-state index in [1.807, 2.05) is 6.92 Å². The van der Waals surface area contributed by atoms with Crippen LogP contribution >= 0.6 is 0 Å². The van der Waals surface area contributed by atoms with Crippen LogP contribution in [0.4, 0.5) is 13.2 Å². The molecule has 0 unspecified atom stereocenters. The van der Waals surface area contributed by atoms with Crippen LogP contribution in [0, 0.1) is 0 Å². The standard InChI is InChI=1S/C11H14F3NO/c1-3-15-7-8-5-4-6-9(16-2)10(8)11(12,13)14/h4-6,15H,3,7H2,1-2H3. The van der Waals surface area contributed by atoms with Crippen LogP contribution in [-0.2, 0) is 12.7 Å². The first-order chi connectivity index (χ1) is 7.50. The van der Waals surface area contributed by atoms with Crippen molar-refractivity contribution in [2.24, 2.45) is 0 Å². The van der Waals surface area contributed by atoms with Crippen LogP contribution in [0.25, 0.3) is 0 Å². The molecule has 0 fully saturated rings. The van der Waals surface area contributed by atoms with Crippen LogP contribution in [0.5, 0.6) is 5.75 Å². The lowest BCUT2D eigenvalue weighted by atomic mass is 10.1. The van der Waals surface area contributed by atoms with Crippen LogP contribution in [0.15, 0.2) is 18.2 Å². The number of alkyl halides is 3. The molecule has 1 N–H and O–H groups in total. The van der Waals surface area contributed by atoms with Gasteiger partial charge in [0.2, 0.25) is 0 Å². The fraction of sp³-hybridized carbons (Fsp3) is 0.455. The fourth-order valence-corrected chi connectivity index (χ4v) is 1.48. The molecule has 0 amide bonds. The van der Waals surface area contributed by atoms with Gasteiger partial charge >= 0.3 is 6.18 Å². The summed E-state index contributed by atoms with van der Waals surface area (Å²) in [5.41, 5.74) is -0.493. The van der Waals surface area contributed by atoms with Crippen LogP contribution < -0.4 is 10.1 Å². The van der Waals surface area contributed by atoms with E-state index in [1.54, 1.807) is 6.07 Å². The molecule has 0 saturated heterocycles. The van der Waals surface area contributed by atoms with Crippen molar-refractivity contribution in [3.8, 4) is 5.75 Å². The van der Waals surface area contributed by atoms with Crippen LogP contribution in [0.3, 0.4) is 0 Å². The van der Waals surface area contributed by atoms with E-state index < -0.39 is 11.7 Å². The number of nitrogens with one attached hydrogen (secondary N) is 1. The highest BCUT2D eigenvalue weighted by Gasteiger charge is 2.36. The highest BCUT2D eigenvalue weighted by Crippen LogP contribution is 2.38. The van der Waals surface area contributed by atoms with Crippen molar-refractivity contribution < 1.29 is 17.9 Å². The van der Waals surface area contributed by atoms with Crippen LogP contribution in [-0.4, -0.2) is 13.7 Å². The van der Waals surface area contributed by atoms with Gasteiger partial charge in [0.1, 0.15) is 11.3 Å². The largest absolute Gasteiger partial charge is 0.496 e. The third-order valence-corrected chi connectivity index (χ3v) is 2.18. The molecular formula is C11H14F3NO. The number of ether oxygens (including phenoxy) is 1. The lowest BCUT2D eigenvalue weighted by molar-refractivity contribution is -0.139. The molecule has 0 bridgehead atoms. The number of hydrogen-bond donors (Lipinski definition) is 1. The van der Waals surface area contributed by atoms with Gasteiger partial charge in [-0.2, -0.15) is 13.2 Å². The van der Waals surface area contributed by atoms with Gasteiger partial charge in [-0.15, -0.1) is 0 Å². The molecule has 0 aromatic heterocycles. The molecule has 0 heterocycles. The summed E-state index contributed by atoms with van der Waals surface area (Å²) in [6, 6.07) is 4.33. The minimum absolute atomic E-state index is 0.136. The van der Waals surface area contributed by atoms with Crippen LogP contribution in [0.2, 0.25) is 0 Å². The average Bonchev–Trinajstić information content (AvgIpc) is 2.24. The first-order valence-corrected chi connectivity index (χ1v) is 4.94. The maximum Gasteiger partial charge on any atom is 0.420 e. The molecule has 0 saturated carbocycles. The number of benzene rings is 1. The summed E-state index contributed by atoms with van der Waals surface area (Å²) in [7, 11) is 1.24. The summed E-state index contributed by atoms with van der Waals surface area (Å²) < 4.78 is 43.2. The topological polar surface area (TPSA) is 21.3 Å². The summed E-state index contributed by atoms with van der Waals surface area (Å²) in [4.78, 5) is 0. The van der Waals surface area contributed by atoms with E-state index in [-0.39, 0.29) is 17.9 Å². The summed E-state index contributed by atoms with van der Waals surface area (Å²) in [5, 5.41) is 2.87. The number of methoxy groups -OCH3 is 1. The number of rotatable bonds is 4. The molecule has 2 nitrogen and oxygen atoms in total. The minimum Gasteiger partial charge on any atom is -0.496 e. The van der Waals surface area contributed by atoms with Crippen molar-refractivity contribution in [2.45, 2.75) is 19.6 Å². The molecule has 0 radical (unpaired) electrons. The van der Waals surface area contributed by atoms with E-state index in [0.29, 0.717) is 6.54 Å². The average molecular weight is 233 g/mol. The van der Waals surface area contributed by atoms with E-state index in [2.05, 4.69) is 5.32 Å². The molecule has 1 aromatic carbocycles. The molecule has 16 heavy (non-hydrogen) atoms. The van der Waals surface area contributed by atoms with Gasteiger partial charge in [-0.05, 0) is 18.2 Å². The molecule has 5 heteroatoms. The predicted octanol–water partition coefficient (Wildman–Crippen LogP) is 2.82. The zero-order valence-corrected chi connectivity index (χ0v) is 9.19. The van der Waals surface area contributed by atoms with Gasteiger partial charge in [0.05, 0.1) is 7.11 Å². The monoisotopic (exact) mass is 233 g/mol. The van der Waals surface area contributed by atoms with Crippen LogP contribution in [0.1, 0.15) is 18.1 Å². The second-order valence-electron chi connectivity index (χ2n) is 3.27. The minimum atomic E-state index is -4.39. The second kappa shape index (κ2) is 5.21. The predicted molar refractivity (Wildman–Crippen MR) is 55.4 cm³/mol. The summed E-state index contributed by atoms with van der Waals surface area (Å²) in [5.74, 6) is -0.136. The Morgan fingerprint density at radius 2 is 2.00 bits per heavy atom. The normalized spacial score (nSPS) is 11.6. The Labute approximate surface area is 92.4 Å². The highest BCUT2D eigenvalue weighted by atomic mass is 19.4. The van der Waals surface area contributed by atoms with Crippen molar-refractivity contribution in [1.29, 1.82) is 0 Å². The maximum absolute atomic E-state index is 12.8. The van der Waals surface area contributed by atoms with Gasteiger partial charge < -0.3 is 10.1 Å². The Balaban J connectivity index is 3.16. The zero-order chi connectivity index (χ0) is 12.2. The second-order valence-corrected chi connectivity index (χ2v) is 3.27. The summed E-state index contributed by atoms with van der Waals surface area (Å²) >= 11 is 0. The Morgan fingerprint density at radius 3 is 2.50 bits per heavy atom. The van der Waals surface area contributed by atoms with Crippen molar-refractivity contribution in [3.05, 3.63) is 29.3 Å². The van der Waals surface area contributed by atoms with Crippen molar-refractivity contribution in [2.75, 3.05) is 13.7 Å². The van der Waals surface area contributed by atoms with Gasteiger partial charge in [-0.25, -0.2) is 0 Å². The van der Waals surface area contributed by atoms with E-state index in [9.17, 15) is 13.2 Å². The highest BCUT2D eigenvalue weighted by molar-refractivity contribution is 5.42. The van der Waals surface area contributed by atoms with E-state index in [4.69, 9.17) is 4.74 Å². The van der Waals surface area contributed by atoms with E-state index >= 15 is 0 Å². The number of halogens is 3. The molecule has 1 aromatic rings. The SMILES string of the molecule is CCNCc1cccc(OC)c1C(F)(F)F. The fourth-order valence-electron chi connectivity index (χ4n) is 1.48. The first-order valence-electron chi connectivity index (χ1n) is 4.94. The van der Waals surface area contributed by atoms with Gasteiger partial charge in [-0.1, -0.05) is 19.1 Å². The van der Waals surface area contributed by atoms with Crippen molar-refractivity contribution >= 4 is 0 Å². The Hall–Kier alpha value is -1.23. The Kier molecular flexibility index (Phi) is 4.18. The third-order valence-electron chi connectivity index (χ3n) is 2.18. The smallest absolute Gasteiger partial charge is 0.420 e. The molecule has 0 aliphatic carbocycles. The molecule has 90 valence electrons. The molecule has 0 atom stereocenters. The van der Waals surface area contributed by atoms with Gasteiger partial charge in [-0.3, -0.25) is 0 Å². The lowest BCUT2D eigenvalue weighted by Crippen LogP contribution is -2.18. The summed E-state index contributed by atoms with van der Waals surface area (Å²) in [6.45, 7) is 2.64. The van der Waals surface area contributed by atoms with Crippen molar-refractivity contribution in [3.63, 3.8) is 0 Å². The summed E-state index contributed by atoms with van der Waals surface area (Å²) in [6.07, 6.45) is -4.39. The van der Waals surface area contributed by atoms with Gasteiger partial charge in [0.25, 0.3) is 0 Å². The molecular weight excluding hydrogens is 219 g/mol. The van der Waals surface area contributed by atoms with E-state index in [1.165, 1.54) is 19.2 Å². The molecule has 0 aliphatic rings. The Bertz CT molecular complexity index is 350.